The van der Waals surface area contributed by atoms with Gasteiger partial charge < -0.3 is 13.9 Å². The van der Waals surface area contributed by atoms with Crippen molar-refractivity contribution < 1.29 is 4.42 Å². The Labute approximate surface area is 355 Å². The number of fused-ring (bicyclic) bond motifs is 9. The molecule has 0 saturated carbocycles. The molecule has 11 aromatic rings. The van der Waals surface area contributed by atoms with Gasteiger partial charge in [0.1, 0.15) is 11.2 Å². The maximum absolute atomic E-state index is 6.45. The number of rotatable bonds is 6. The number of para-hydroxylation sites is 3. The van der Waals surface area contributed by atoms with Gasteiger partial charge in [0, 0.05) is 55.3 Å². The van der Waals surface area contributed by atoms with Crippen LogP contribution in [0.25, 0.3) is 82.8 Å². The maximum Gasteiger partial charge on any atom is 0.143 e. The average molecular weight is 783 g/mol. The third-order valence-corrected chi connectivity index (χ3v) is 13.1. The molecular weight excluding hydrogens is 741 g/mol. The van der Waals surface area contributed by atoms with Crippen LogP contribution in [0.15, 0.2) is 205 Å². The highest BCUT2D eigenvalue weighted by Gasteiger charge is 2.35. The van der Waals surface area contributed by atoms with Crippen molar-refractivity contribution in [1.82, 2.24) is 4.57 Å². The topological polar surface area (TPSA) is 21.3 Å². The van der Waals surface area contributed by atoms with Crippen molar-refractivity contribution in [3.63, 3.8) is 0 Å². The number of aryl methyl sites for hydroxylation is 1. The van der Waals surface area contributed by atoms with Crippen LogP contribution in [0.2, 0.25) is 0 Å². The van der Waals surface area contributed by atoms with Gasteiger partial charge >= 0.3 is 0 Å². The molecule has 290 valence electrons. The van der Waals surface area contributed by atoms with Crippen molar-refractivity contribution in [3.05, 3.63) is 217 Å². The summed E-state index contributed by atoms with van der Waals surface area (Å²) in [6.07, 6.45) is 0. The summed E-state index contributed by atoms with van der Waals surface area (Å²) in [7, 11) is 0. The van der Waals surface area contributed by atoms with E-state index >= 15 is 0 Å². The van der Waals surface area contributed by atoms with E-state index in [-0.39, 0.29) is 5.41 Å². The molecule has 61 heavy (non-hydrogen) atoms. The summed E-state index contributed by atoms with van der Waals surface area (Å²) in [6.45, 7) is 6.86. The van der Waals surface area contributed by atoms with Crippen molar-refractivity contribution >= 4 is 60.8 Å². The van der Waals surface area contributed by atoms with Crippen LogP contribution in [0, 0.1) is 6.92 Å². The zero-order valence-corrected chi connectivity index (χ0v) is 34.4. The molecule has 3 nitrogen and oxygen atoms in total. The predicted octanol–water partition coefficient (Wildman–Crippen LogP) is 16.1. The largest absolute Gasteiger partial charge is 0.455 e. The summed E-state index contributed by atoms with van der Waals surface area (Å²) < 4.78 is 8.84. The van der Waals surface area contributed by atoms with Gasteiger partial charge in [-0.25, -0.2) is 0 Å². The molecule has 0 unspecified atom stereocenters. The van der Waals surface area contributed by atoms with Gasteiger partial charge in [-0.15, -0.1) is 0 Å². The van der Waals surface area contributed by atoms with Gasteiger partial charge in [0.25, 0.3) is 0 Å². The Bertz CT molecular complexity index is 3510. The van der Waals surface area contributed by atoms with E-state index in [1.165, 1.54) is 66.4 Å². The molecule has 2 heterocycles. The standard InChI is InChI=1S/C58H42N2O/c1-37-12-10-13-43(34-37)60-54-20-8-5-15-48(54)51-35-40(26-33-55(51)60)38-22-27-41(28-23-38)59(44-31-32-47-46-14-4-7-19-52(46)58(2,3)53(47)36-44)42-29-24-39(25-30-42)45-17-11-18-50-49-16-6-9-21-56(49)61-57(45)50/h4-36H,1-3H3. The minimum absolute atomic E-state index is 0.117. The summed E-state index contributed by atoms with van der Waals surface area (Å²) in [6, 6.07) is 73.0. The lowest BCUT2D eigenvalue weighted by atomic mass is 9.82. The lowest BCUT2D eigenvalue weighted by molar-refractivity contribution is 0.660. The first-order valence-electron chi connectivity index (χ1n) is 21.2. The van der Waals surface area contributed by atoms with E-state index in [4.69, 9.17) is 4.42 Å². The lowest BCUT2D eigenvalue weighted by Gasteiger charge is -2.28. The summed E-state index contributed by atoms with van der Waals surface area (Å²) >= 11 is 0. The van der Waals surface area contributed by atoms with Gasteiger partial charge in [-0.1, -0.05) is 141 Å². The SMILES string of the molecule is Cc1cccc(-n2c3ccccc3c3cc(-c4ccc(N(c5ccc(-c6cccc7c6oc6ccccc67)cc5)c5ccc6c(c5)C(C)(C)c5ccccc5-6)cc4)ccc32)c1. The normalized spacial score (nSPS) is 13.0. The van der Waals surface area contributed by atoms with E-state index in [1.54, 1.807) is 0 Å². The molecule has 12 rings (SSSR count). The van der Waals surface area contributed by atoms with E-state index in [2.05, 4.69) is 218 Å². The van der Waals surface area contributed by atoms with Crippen molar-refractivity contribution in [3.8, 4) is 39.1 Å². The first kappa shape index (κ1) is 35.3. The van der Waals surface area contributed by atoms with Crippen LogP contribution in [0.3, 0.4) is 0 Å². The second kappa shape index (κ2) is 13.5. The Morgan fingerprint density at radius 1 is 0.426 bits per heavy atom. The van der Waals surface area contributed by atoms with Crippen LogP contribution >= 0.6 is 0 Å². The third kappa shape index (κ3) is 5.51. The van der Waals surface area contributed by atoms with Gasteiger partial charge in [-0.05, 0) is 124 Å². The molecule has 0 fully saturated rings. The van der Waals surface area contributed by atoms with Gasteiger partial charge in [0.05, 0.1) is 11.0 Å². The van der Waals surface area contributed by atoms with E-state index in [9.17, 15) is 0 Å². The zero-order chi connectivity index (χ0) is 40.8. The number of anilines is 3. The summed E-state index contributed by atoms with van der Waals surface area (Å²) in [4.78, 5) is 2.40. The average Bonchev–Trinajstić information content (AvgIpc) is 3.92. The molecule has 2 aromatic heterocycles. The first-order valence-corrected chi connectivity index (χ1v) is 21.2. The van der Waals surface area contributed by atoms with Gasteiger partial charge in [0.15, 0.2) is 0 Å². The Kier molecular flexibility index (Phi) is 7.79. The molecule has 0 radical (unpaired) electrons. The van der Waals surface area contributed by atoms with Gasteiger partial charge in [-0.3, -0.25) is 0 Å². The minimum Gasteiger partial charge on any atom is -0.455 e. The highest BCUT2D eigenvalue weighted by Crippen LogP contribution is 2.51. The highest BCUT2D eigenvalue weighted by molar-refractivity contribution is 6.11. The Balaban J connectivity index is 0.962. The van der Waals surface area contributed by atoms with Crippen molar-refractivity contribution in [1.29, 1.82) is 0 Å². The molecule has 0 aliphatic heterocycles. The Hall–Kier alpha value is -7.62. The Morgan fingerprint density at radius 2 is 1.05 bits per heavy atom. The number of furan rings is 1. The highest BCUT2D eigenvalue weighted by atomic mass is 16.3. The molecule has 0 amide bonds. The molecule has 1 aliphatic carbocycles. The third-order valence-electron chi connectivity index (χ3n) is 13.1. The van der Waals surface area contributed by atoms with E-state index < -0.39 is 0 Å². The molecule has 1 aliphatic rings. The quantitative estimate of drug-likeness (QED) is 0.168. The second-order valence-corrected chi connectivity index (χ2v) is 17.0. The zero-order valence-electron chi connectivity index (χ0n) is 34.4. The van der Waals surface area contributed by atoms with Gasteiger partial charge in [-0.2, -0.15) is 0 Å². The lowest BCUT2D eigenvalue weighted by Crippen LogP contribution is -2.16. The fourth-order valence-electron chi connectivity index (χ4n) is 10.0. The molecule has 0 N–H and O–H groups in total. The van der Waals surface area contributed by atoms with Crippen molar-refractivity contribution in [2.24, 2.45) is 0 Å². The molecule has 0 spiro atoms. The van der Waals surface area contributed by atoms with E-state index in [0.717, 1.165) is 50.1 Å². The smallest absolute Gasteiger partial charge is 0.143 e. The van der Waals surface area contributed by atoms with Crippen LogP contribution in [0.4, 0.5) is 17.1 Å². The Morgan fingerprint density at radius 3 is 1.87 bits per heavy atom. The summed E-state index contributed by atoms with van der Waals surface area (Å²) in [5, 5.41) is 4.78. The van der Waals surface area contributed by atoms with Crippen LogP contribution in [-0.4, -0.2) is 4.57 Å². The summed E-state index contributed by atoms with van der Waals surface area (Å²) in [5.41, 5.74) is 19.8. The van der Waals surface area contributed by atoms with Crippen LogP contribution in [-0.2, 0) is 5.41 Å². The molecular formula is C58H42N2O. The number of hydrogen-bond donors (Lipinski definition) is 0. The fraction of sp³-hybridized carbons (Fsp3) is 0.0690. The number of nitrogens with zero attached hydrogens (tertiary/aromatic N) is 2. The fourth-order valence-corrected chi connectivity index (χ4v) is 10.0. The molecule has 0 bridgehead atoms. The van der Waals surface area contributed by atoms with Crippen LogP contribution in [0.5, 0.6) is 0 Å². The summed E-state index contributed by atoms with van der Waals surface area (Å²) in [5.74, 6) is 0. The molecule has 3 heteroatoms. The van der Waals surface area contributed by atoms with Gasteiger partial charge in [0.2, 0.25) is 0 Å². The monoisotopic (exact) mass is 782 g/mol. The number of hydrogen-bond acceptors (Lipinski definition) is 2. The maximum atomic E-state index is 6.45. The molecule has 0 saturated heterocycles. The van der Waals surface area contributed by atoms with Crippen LogP contribution in [0.1, 0.15) is 30.5 Å². The van der Waals surface area contributed by atoms with Crippen molar-refractivity contribution in [2.45, 2.75) is 26.2 Å². The predicted molar refractivity (Wildman–Crippen MR) is 256 cm³/mol. The molecule has 0 atom stereocenters. The van der Waals surface area contributed by atoms with Crippen molar-refractivity contribution in [2.75, 3.05) is 4.90 Å². The van der Waals surface area contributed by atoms with Crippen LogP contribution < -0.4 is 4.90 Å². The second-order valence-electron chi connectivity index (χ2n) is 17.0. The number of benzene rings is 9. The van der Waals surface area contributed by atoms with E-state index in [1.807, 2.05) is 12.1 Å². The molecule has 9 aromatic carbocycles. The number of aromatic nitrogens is 1. The minimum atomic E-state index is -0.117. The first-order chi connectivity index (χ1) is 29.9. The van der Waals surface area contributed by atoms with E-state index in [0.29, 0.717) is 0 Å².